The van der Waals surface area contributed by atoms with E-state index in [-0.39, 0.29) is 5.78 Å². The van der Waals surface area contributed by atoms with Crippen LogP contribution in [0.15, 0.2) is 59.7 Å². The molecule has 3 heteroatoms. The zero-order valence-electron chi connectivity index (χ0n) is 15.5. The maximum absolute atomic E-state index is 13.0. The molecule has 0 radical (unpaired) electrons. The molecule has 0 unspecified atom stereocenters. The Morgan fingerprint density at radius 1 is 0.846 bits per heavy atom. The SMILES string of the molecule is COc1cccc(/C=C2\CC(C)C/C(=C\c3cccc(OC)c3)C2=O)c1. The number of hydrogen-bond acceptors (Lipinski definition) is 3. The molecule has 3 nitrogen and oxygen atoms in total. The largest absolute Gasteiger partial charge is 0.497 e. The van der Waals surface area contributed by atoms with Crippen molar-refractivity contribution in [3.63, 3.8) is 0 Å². The van der Waals surface area contributed by atoms with Crippen molar-refractivity contribution in [2.24, 2.45) is 5.92 Å². The van der Waals surface area contributed by atoms with Crippen LogP contribution in [-0.2, 0) is 4.79 Å². The number of hydrogen-bond donors (Lipinski definition) is 0. The van der Waals surface area contributed by atoms with Gasteiger partial charge in [-0.3, -0.25) is 4.79 Å². The topological polar surface area (TPSA) is 35.5 Å². The number of allylic oxidation sites excluding steroid dienone is 2. The van der Waals surface area contributed by atoms with Crippen molar-refractivity contribution in [3.8, 4) is 11.5 Å². The summed E-state index contributed by atoms with van der Waals surface area (Å²) in [5, 5.41) is 0. The van der Waals surface area contributed by atoms with Crippen LogP contribution in [0, 0.1) is 5.92 Å². The van der Waals surface area contributed by atoms with E-state index in [0.29, 0.717) is 5.92 Å². The third kappa shape index (κ3) is 4.23. The first kappa shape index (κ1) is 18.0. The summed E-state index contributed by atoms with van der Waals surface area (Å²) in [5.74, 6) is 2.15. The van der Waals surface area contributed by atoms with Crippen LogP contribution in [0.3, 0.4) is 0 Å². The molecule has 1 aliphatic carbocycles. The zero-order valence-corrected chi connectivity index (χ0v) is 15.5. The van der Waals surface area contributed by atoms with E-state index in [0.717, 1.165) is 46.6 Å². The minimum Gasteiger partial charge on any atom is -0.497 e. The molecular weight excluding hydrogens is 324 g/mol. The second-order valence-corrected chi connectivity index (χ2v) is 6.73. The normalized spacial score (nSPS) is 20.4. The van der Waals surface area contributed by atoms with E-state index in [9.17, 15) is 4.79 Å². The molecule has 0 aromatic heterocycles. The molecule has 0 saturated heterocycles. The number of ketones is 1. The Morgan fingerprint density at radius 2 is 1.31 bits per heavy atom. The van der Waals surface area contributed by atoms with Gasteiger partial charge in [0.2, 0.25) is 0 Å². The highest BCUT2D eigenvalue weighted by Gasteiger charge is 2.25. The van der Waals surface area contributed by atoms with Crippen molar-refractivity contribution >= 4 is 17.9 Å². The highest BCUT2D eigenvalue weighted by atomic mass is 16.5. The molecule has 0 bridgehead atoms. The van der Waals surface area contributed by atoms with Gasteiger partial charge in [-0.05, 0) is 66.3 Å². The summed E-state index contributed by atoms with van der Waals surface area (Å²) in [7, 11) is 3.30. The maximum Gasteiger partial charge on any atom is 0.185 e. The van der Waals surface area contributed by atoms with Crippen molar-refractivity contribution in [1.82, 2.24) is 0 Å². The van der Waals surface area contributed by atoms with Gasteiger partial charge in [0, 0.05) is 11.1 Å². The van der Waals surface area contributed by atoms with Crippen LogP contribution in [0.4, 0.5) is 0 Å². The van der Waals surface area contributed by atoms with Gasteiger partial charge >= 0.3 is 0 Å². The van der Waals surface area contributed by atoms with Crippen molar-refractivity contribution in [2.75, 3.05) is 14.2 Å². The van der Waals surface area contributed by atoms with Gasteiger partial charge < -0.3 is 9.47 Å². The molecule has 0 spiro atoms. The first-order chi connectivity index (χ1) is 12.6. The Morgan fingerprint density at radius 3 is 1.73 bits per heavy atom. The van der Waals surface area contributed by atoms with Gasteiger partial charge in [0.15, 0.2) is 5.78 Å². The van der Waals surface area contributed by atoms with Gasteiger partial charge in [-0.1, -0.05) is 31.2 Å². The average molecular weight is 348 g/mol. The van der Waals surface area contributed by atoms with E-state index >= 15 is 0 Å². The lowest BCUT2D eigenvalue weighted by atomic mass is 9.81. The Balaban J connectivity index is 1.92. The van der Waals surface area contributed by atoms with E-state index in [1.54, 1.807) is 14.2 Å². The number of ether oxygens (including phenoxy) is 2. The summed E-state index contributed by atoms with van der Waals surface area (Å²) in [5.41, 5.74) is 3.68. The van der Waals surface area contributed by atoms with Crippen LogP contribution in [0.1, 0.15) is 30.9 Å². The molecule has 134 valence electrons. The lowest BCUT2D eigenvalue weighted by Crippen LogP contribution is -2.18. The lowest BCUT2D eigenvalue weighted by Gasteiger charge is -2.22. The molecule has 1 fully saturated rings. The van der Waals surface area contributed by atoms with Crippen LogP contribution < -0.4 is 9.47 Å². The van der Waals surface area contributed by atoms with E-state index in [1.165, 1.54) is 0 Å². The van der Waals surface area contributed by atoms with E-state index < -0.39 is 0 Å². The Hall–Kier alpha value is -2.81. The number of rotatable bonds is 4. The number of carbonyl (C=O) groups is 1. The third-order valence-corrected chi connectivity index (χ3v) is 4.59. The minimum absolute atomic E-state index is 0.133. The summed E-state index contributed by atoms with van der Waals surface area (Å²) in [6.07, 6.45) is 5.57. The second-order valence-electron chi connectivity index (χ2n) is 6.73. The van der Waals surface area contributed by atoms with Crippen molar-refractivity contribution in [2.45, 2.75) is 19.8 Å². The fourth-order valence-corrected chi connectivity index (χ4v) is 3.33. The van der Waals surface area contributed by atoms with Gasteiger partial charge in [-0.25, -0.2) is 0 Å². The Kier molecular flexibility index (Phi) is 5.57. The molecule has 0 atom stereocenters. The van der Waals surface area contributed by atoms with Crippen molar-refractivity contribution in [1.29, 1.82) is 0 Å². The molecule has 2 aromatic rings. The summed E-state index contributed by atoms with van der Waals surface area (Å²) in [4.78, 5) is 13.0. The number of methoxy groups -OCH3 is 2. The molecule has 0 heterocycles. The first-order valence-electron chi connectivity index (χ1n) is 8.83. The molecular formula is C23H24O3. The van der Waals surface area contributed by atoms with Gasteiger partial charge in [0.1, 0.15) is 11.5 Å². The van der Waals surface area contributed by atoms with Gasteiger partial charge in [0.25, 0.3) is 0 Å². The molecule has 1 saturated carbocycles. The smallest absolute Gasteiger partial charge is 0.185 e. The number of carbonyl (C=O) groups excluding carboxylic acids is 1. The number of benzene rings is 2. The van der Waals surface area contributed by atoms with Crippen molar-refractivity contribution < 1.29 is 14.3 Å². The van der Waals surface area contributed by atoms with Crippen LogP contribution in [0.5, 0.6) is 11.5 Å². The van der Waals surface area contributed by atoms with E-state index in [1.807, 2.05) is 60.7 Å². The zero-order chi connectivity index (χ0) is 18.5. The third-order valence-electron chi connectivity index (χ3n) is 4.59. The predicted octanol–water partition coefficient (Wildman–Crippen LogP) is 5.17. The summed E-state index contributed by atoms with van der Waals surface area (Å²) < 4.78 is 10.6. The monoisotopic (exact) mass is 348 g/mol. The standard InChI is InChI=1S/C23H24O3/c1-16-10-19(12-17-6-4-8-21(14-17)25-2)23(24)20(11-16)13-18-7-5-9-22(15-18)26-3/h4-9,12-16H,10-11H2,1-3H3/b19-12+,20-13+. The molecule has 2 aromatic carbocycles. The first-order valence-corrected chi connectivity index (χ1v) is 8.83. The molecule has 26 heavy (non-hydrogen) atoms. The van der Waals surface area contributed by atoms with Crippen LogP contribution in [-0.4, -0.2) is 20.0 Å². The molecule has 0 amide bonds. The highest BCUT2D eigenvalue weighted by Crippen LogP contribution is 2.32. The Labute approximate surface area is 155 Å². The second kappa shape index (κ2) is 8.05. The van der Waals surface area contributed by atoms with E-state index in [2.05, 4.69) is 6.92 Å². The van der Waals surface area contributed by atoms with Crippen LogP contribution >= 0.6 is 0 Å². The minimum atomic E-state index is 0.133. The fourth-order valence-electron chi connectivity index (χ4n) is 3.33. The maximum atomic E-state index is 13.0. The summed E-state index contributed by atoms with van der Waals surface area (Å²) >= 11 is 0. The summed E-state index contributed by atoms with van der Waals surface area (Å²) in [6.45, 7) is 2.19. The van der Waals surface area contributed by atoms with Crippen molar-refractivity contribution in [3.05, 3.63) is 70.8 Å². The fraction of sp³-hybridized carbons (Fsp3) is 0.261. The molecule has 0 aliphatic heterocycles. The van der Waals surface area contributed by atoms with E-state index in [4.69, 9.17) is 9.47 Å². The number of Topliss-reactive ketones (excluding diaryl/α,β-unsaturated/α-hetero) is 1. The lowest BCUT2D eigenvalue weighted by molar-refractivity contribution is -0.113. The van der Waals surface area contributed by atoms with Gasteiger partial charge in [0.05, 0.1) is 14.2 Å². The highest BCUT2D eigenvalue weighted by molar-refractivity contribution is 6.14. The quantitative estimate of drug-likeness (QED) is 0.715. The predicted molar refractivity (Wildman–Crippen MR) is 105 cm³/mol. The van der Waals surface area contributed by atoms with Gasteiger partial charge in [-0.2, -0.15) is 0 Å². The van der Waals surface area contributed by atoms with Crippen LogP contribution in [0.2, 0.25) is 0 Å². The molecule has 3 rings (SSSR count). The van der Waals surface area contributed by atoms with Crippen LogP contribution in [0.25, 0.3) is 12.2 Å². The van der Waals surface area contributed by atoms with Gasteiger partial charge in [-0.15, -0.1) is 0 Å². The summed E-state index contributed by atoms with van der Waals surface area (Å²) in [6, 6.07) is 15.6. The Bertz CT molecular complexity index is 792. The average Bonchev–Trinajstić information content (AvgIpc) is 2.66. The molecule has 1 aliphatic rings. The molecule has 0 N–H and O–H groups in total.